The highest BCUT2D eigenvalue weighted by molar-refractivity contribution is 6.46. The molecule has 2 aromatic carbocycles. The van der Waals surface area contributed by atoms with Crippen LogP contribution in [-0.2, 0) is 9.59 Å². The molecule has 6 nitrogen and oxygen atoms in total. The predicted octanol–water partition coefficient (Wildman–Crippen LogP) is 4.77. The molecule has 1 aliphatic carbocycles. The van der Waals surface area contributed by atoms with Crippen LogP contribution in [0.3, 0.4) is 0 Å². The number of rotatable bonds is 6. The molecule has 1 heterocycles. The van der Waals surface area contributed by atoms with Crippen LogP contribution in [0.15, 0.2) is 48.0 Å². The molecule has 2 aliphatic rings. The first-order valence-corrected chi connectivity index (χ1v) is 11.1. The van der Waals surface area contributed by atoms with E-state index >= 15 is 0 Å². The fourth-order valence-electron chi connectivity index (χ4n) is 4.82. The molecule has 2 aromatic rings. The summed E-state index contributed by atoms with van der Waals surface area (Å²) in [6.07, 6.45) is 3.78. The number of hydrogen-bond donors (Lipinski definition) is 1. The van der Waals surface area contributed by atoms with Crippen molar-refractivity contribution >= 4 is 17.4 Å². The molecule has 1 saturated heterocycles. The zero-order valence-electron chi connectivity index (χ0n) is 18.8. The van der Waals surface area contributed by atoms with Crippen LogP contribution in [0.5, 0.6) is 11.5 Å². The van der Waals surface area contributed by atoms with E-state index in [0.29, 0.717) is 17.9 Å². The monoisotopic (exact) mass is 435 g/mol. The predicted molar refractivity (Wildman–Crippen MR) is 122 cm³/mol. The van der Waals surface area contributed by atoms with Gasteiger partial charge in [0, 0.05) is 11.6 Å². The van der Waals surface area contributed by atoms with Gasteiger partial charge in [-0.1, -0.05) is 25.0 Å². The van der Waals surface area contributed by atoms with Crippen molar-refractivity contribution in [3.8, 4) is 11.5 Å². The summed E-state index contributed by atoms with van der Waals surface area (Å²) in [5, 5.41) is 11.3. The Hall–Kier alpha value is -3.28. The van der Waals surface area contributed by atoms with Gasteiger partial charge < -0.3 is 19.5 Å². The Morgan fingerprint density at radius 2 is 1.72 bits per heavy atom. The van der Waals surface area contributed by atoms with Gasteiger partial charge in [0.05, 0.1) is 25.3 Å². The van der Waals surface area contributed by atoms with Crippen LogP contribution in [0.4, 0.5) is 0 Å². The molecule has 168 valence electrons. The maximum atomic E-state index is 13.2. The van der Waals surface area contributed by atoms with Gasteiger partial charge in [0.2, 0.25) is 0 Å². The summed E-state index contributed by atoms with van der Waals surface area (Å²) in [4.78, 5) is 28.1. The summed E-state index contributed by atoms with van der Waals surface area (Å²) < 4.78 is 10.8. The minimum absolute atomic E-state index is 0.00900. The van der Waals surface area contributed by atoms with Gasteiger partial charge in [0.15, 0.2) is 0 Å². The first kappa shape index (κ1) is 21.9. The number of aliphatic hydroxyl groups excluding tert-OH is 1. The van der Waals surface area contributed by atoms with Crippen molar-refractivity contribution in [2.24, 2.45) is 0 Å². The second-order valence-electron chi connectivity index (χ2n) is 8.33. The van der Waals surface area contributed by atoms with E-state index in [0.717, 1.165) is 42.6 Å². The zero-order chi connectivity index (χ0) is 22.8. The van der Waals surface area contributed by atoms with Gasteiger partial charge >= 0.3 is 0 Å². The Bertz CT molecular complexity index is 1050. The minimum Gasteiger partial charge on any atom is -0.507 e. The average Bonchev–Trinajstić information content (AvgIpc) is 3.41. The Labute approximate surface area is 188 Å². The Morgan fingerprint density at radius 1 is 1.06 bits per heavy atom. The van der Waals surface area contributed by atoms with Crippen LogP contribution in [0.25, 0.3) is 5.76 Å². The molecular formula is C26H29NO5. The van der Waals surface area contributed by atoms with Gasteiger partial charge in [-0.3, -0.25) is 9.59 Å². The molecule has 32 heavy (non-hydrogen) atoms. The molecule has 1 aliphatic heterocycles. The van der Waals surface area contributed by atoms with Crippen molar-refractivity contribution in [1.82, 2.24) is 4.90 Å². The highest BCUT2D eigenvalue weighted by atomic mass is 16.5. The van der Waals surface area contributed by atoms with Crippen LogP contribution in [0, 0.1) is 6.92 Å². The van der Waals surface area contributed by atoms with Gasteiger partial charge in [-0.25, -0.2) is 0 Å². The van der Waals surface area contributed by atoms with E-state index in [1.165, 1.54) is 0 Å². The van der Waals surface area contributed by atoms with E-state index in [1.54, 1.807) is 30.2 Å². The molecule has 1 amide bonds. The third-order valence-corrected chi connectivity index (χ3v) is 6.39. The van der Waals surface area contributed by atoms with Crippen LogP contribution in [0.1, 0.15) is 55.3 Å². The maximum absolute atomic E-state index is 13.2. The average molecular weight is 436 g/mol. The van der Waals surface area contributed by atoms with Gasteiger partial charge in [-0.2, -0.15) is 0 Å². The lowest BCUT2D eigenvalue weighted by molar-refractivity contribution is -0.141. The molecular weight excluding hydrogens is 406 g/mol. The number of Topliss-reactive ketones (excluding diaryl/α,β-unsaturated/α-hetero) is 1. The van der Waals surface area contributed by atoms with Gasteiger partial charge in [-0.05, 0) is 68.1 Å². The lowest BCUT2D eigenvalue weighted by Crippen LogP contribution is -2.37. The lowest BCUT2D eigenvalue weighted by atomic mass is 9.93. The van der Waals surface area contributed by atoms with Crippen LogP contribution in [0.2, 0.25) is 0 Å². The van der Waals surface area contributed by atoms with E-state index in [2.05, 4.69) is 0 Å². The fraction of sp³-hybridized carbons (Fsp3) is 0.385. The van der Waals surface area contributed by atoms with E-state index in [-0.39, 0.29) is 17.4 Å². The number of aryl methyl sites for hydroxylation is 1. The number of carbonyl (C=O) groups excluding carboxylic acids is 2. The molecule has 1 unspecified atom stereocenters. The van der Waals surface area contributed by atoms with Crippen molar-refractivity contribution < 1.29 is 24.2 Å². The summed E-state index contributed by atoms with van der Waals surface area (Å²) in [5.41, 5.74) is 2.21. The van der Waals surface area contributed by atoms with Gasteiger partial charge in [0.25, 0.3) is 11.7 Å². The van der Waals surface area contributed by atoms with Crippen molar-refractivity contribution in [2.45, 2.75) is 51.6 Å². The Morgan fingerprint density at radius 3 is 2.31 bits per heavy atom. The molecule has 0 radical (unpaired) electrons. The largest absolute Gasteiger partial charge is 0.507 e. The van der Waals surface area contributed by atoms with E-state index in [9.17, 15) is 14.7 Å². The molecule has 1 saturated carbocycles. The molecule has 0 aromatic heterocycles. The quantitative estimate of drug-likeness (QED) is 0.402. The van der Waals surface area contributed by atoms with Gasteiger partial charge in [-0.15, -0.1) is 0 Å². The fourth-order valence-corrected chi connectivity index (χ4v) is 4.82. The number of nitrogens with zero attached hydrogens (tertiary/aromatic N) is 1. The number of ether oxygens (including phenoxy) is 2. The number of likely N-dealkylation sites (tertiary alicyclic amines) is 1. The van der Waals surface area contributed by atoms with Crippen LogP contribution in [-0.4, -0.2) is 41.5 Å². The SMILES string of the molecule is CCOc1ccc(C2/C(=C(/O)c3ccc(OC)cc3C)C(=O)C(=O)N2C2CCCC2)cc1. The summed E-state index contributed by atoms with van der Waals surface area (Å²) in [7, 11) is 1.58. The maximum Gasteiger partial charge on any atom is 0.295 e. The zero-order valence-corrected chi connectivity index (χ0v) is 18.8. The highest BCUT2D eigenvalue weighted by Crippen LogP contribution is 2.44. The molecule has 0 spiro atoms. The number of amides is 1. The molecule has 0 bridgehead atoms. The van der Waals surface area contributed by atoms with Crippen molar-refractivity contribution in [3.63, 3.8) is 0 Å². The number of hydrogen-bond acceptors (Lipinski definition) is 5. The number of methoxy groups -OCH3 is 1. The van der Waals surface area contributed by atoms with Crippen LogP contribution < -0.4 is 9.47 Å². The van der Waals surface area contributed by atoms with Crippen molar-refractivity contribution in [1.29, 1.82) is 0 Å². The lowest BCUT2D eigenvalue weighted by Gasteiger charge is -2.31. The molecule has 1 atom stereocenters. The van der Waals surface area contributed by atoms with Crippen molar-refractivity contribution in [3.05, 3.63) is 64.7 Å². The Balaban J connectivity index is 1.85. The van der Waals surface area contributed by atoms with E-state index in [4.69, 9.17) is 9.47 Å². The summed E-state index contributed by atoms with van der Waals surface area (Å²) in [6, 6.07) is 12.0. The third kappa shape index (κ3) is 3.85. The number of carbonyl (C=O) groups is 2. The molecule has 1 N–H and O–H groups in total. The topological polar surface area (TPSA) is 76.1 Å². The Kier molecular flexibility index (Phi) is 6.21. The summed E-state index contributed by atoms with van der Waals surface area (Å²) in [5.74, 6) is 0.0588. The van der Waals surface area contributed by atoms with E-state index < -0.39 is 17.7 Å². The first-order valence-electron chi connectivity index (χ1n) is 11.1. The summed E-state index contributed by atoms with van der Waals surface area (Å²) in [6.45, 7) is 4.31. The number of ketones is 1. The smallest absolute Gasteiger partial charge is 0.295 e. The van der Waals surface area contributed by atoms with Crippen LogP contribution >= 0.6 is 0 Å². The molecule has 4 rings (SSSR count). The van der Waals surface area contributed by atoms with Crippen molar-refractivity contribution in [2.75, 3.05) is 13.7 Å². The van der Waals surface area contributed by atoms with E-state index in [1.807, 2.05) is 38.1 Å². The minimum atomic E-state index is -0.636. The standard InChI is InChI=1S/C26H29NO5/c1-4-32-19-11-9-17(10-12-19)23-22(24(28)21-14-13-20(31-3)15-16(21)2)25(29)26(30)27(23)18-7-5-6-8-18/h9-15,18,23,28H,4-8H2,1-3H3/b24-22-. The van der Waals surface area contributed by atoms with Gasteiger partial charge in [0.1, 0.15) is 17.3 Å². The normalized spacial score (nSPS) is 20.7. The highest BCUT2D eigenvalue weighted by Gasteiger charge is 2.49. The summed E-state index contributed by atoms with van der Waals surface area (Å²) >= 11 is 0. The molecule has 2 fully saturated rings. The number of benzene rings is 2. The second-order valence-corrected chi connectivity index (χ2v) is 8.33. The number of aliphatic hydroxyl groups is 1. The third-order valence-electron chi connectivity index (χ3n) is 6.39. The first-order chi connectivity index (χ1) is 15.5. The molecule has 6 heteroatoms. The second kappa shape index (κ2) is 9.07.